The number of anilines is 1. The molecule has 0 aliphatic carbocycles. The summed E-state index contributed by atoms with van der Waals surface area (Å²) in [6.07, 6.45) is 0.436. The quantitative estimate of drug-likeness (QED) is 0.782. The Morgan fingerprint density at radius 3 is 2.29 bits per heavy atom. The Hall–Kier alpha value is -2.58. The first kappa shape index (κ1) is 18.8. The molecule has 2 aliphatic heterocycles. The summed E-state index contributed by atoms with van der Waals surface area (Å²) < 4.78 is 38.1. The van der Waals surface area contributed by atoms with Crippen LogP contribution in [0.15, 0.2) is 47.4 Å². The molecule has 1 atom stereocenters. The normalized spacial score (nSPS) is 22.0. The van der Waals surface area contributed by atoms with Crippen molar-refractivity contribution in [2.24, 2.45) is 0 Å². The summed E-state index contributed by atoms with van der Waals surface area (Å²) in [6, 6.07) is 11.8. The molecule has 1 spiro atoms. The Morgan fingerprint density at radius 1 is 1.00 bits per heavy atom. The number of likely N-dealkylation sites (N-methyl/N-ethyl adjacent to an activating group) is 1. The second kappa shape index (κ2) is 6.49. The first-order valence-electron chi connectivity index (χ1n) is 8.94. The van der Waals surface area contributed by atoms with Crippen LogP contribution in [-0.4, -0.2) is 53.0 Å². The molecule has 0 bridgehead atoms. The van der Waals surface area contributed by atoms with Crippen molar-refractivity contribution >= 4 is 21.6 Å². The molecule has 1 saturated heterocycles. The first-order valence-corrected chi connectivity index (χ1v) is 10.4. The highest BCUT2D eigenvalue weighted by Gasteiger charge is 2.55. The molecule has 2 aromatic rings. The molecule has 7 nitrogen and oxygen atoms in total. The van der Waals surface area contributed by atoms with Gasteiger partial charge in [-0.2, -0.15) is 4.31 Å². The number of nitrogens with zero attached hydrogens (tertiary/aromatic N) is 2. The van der Waals surface area contributed by atoms with Gasteiger partial charge in [0.1, 0.15) is 11.5 Å². The number of amides is 1. The number of sulfonamides is 1. The van der Waals surface area contributed by atoms with Crippen LogP contribution in [0.3, 0.4) is 0 Å². The van der Waals surface area contributed by atoms with Crippen molar-refractivity contribution in [3.05, 3.63) is 48.0 Å². The Morgan fingerprint density at radius 2 is 1.64 bits per heavy atom. The number of ether oxygens (including phenoxy) is 2. The lowest BCUT2D eigenvalue weighted by Crippen LogP contribution is -2.42. The summed E-state index contributed by atoms with van der Waals surface area (Å²) in [5, 5.41) is 0. The Balaban J connectivity index is 1.71. The lowest BCUT2D eigenvalue weighted by Gasteiger charge is -2.23. The third-order valence-corrected chi connectivity index (χ3v) is 7.59. The van der Waals surface area contributed by atoms with Crippen LogP contribution in [0, 0.1) is 0 Å². The Kier molecular flexibility index (Phi) is 4.35. The second-order valence-corrected chi connectivity index (χ2v) is 9.03. The van der Waals surface area contributed by atoms with E-state index in [1.54, 1.807) is 31.2 Å². The van der Waals surface area contributed by atoms with Gasteiger partial charge in [0.25, 0.3) is 0 Å². The van der Waals surface area contributed by atoms with Gasteiger partial charge in [0.05, 0.1) is 24.5 Å². The van der Waals surface area contributed by atoms with Gasteiger partial charge in [-0.15, -0.1) is 0 Å². The van der Waals surface area contributed by atoms with Crippen LogP contribution >= 0.6 is 0 Å². The van der Waals surface area contributed by atoms with Gasteiger partial charge in [0.2, 0.25) is 15.9 Å². The molecule has 0 N–H and O–H groups in total. The summed E-state index contributed by atoms with van der Waals surface area (Å²) in [6.45, 7) is 0.398. The molecule has 1 amide bonds. The molecule has 1 fully saturated rings. The van der Waals surface area contributed by atoms with E-state index in [1.165, 1.54) is 23.5 Å². The van der Waals surface area contributed by atoms with E-state index >= 15 is 0 Å². The van der Waals surface area contributed by atoms with Crippen LogP contribution in [0.4, 0.5) is 5.69 Å². The van der Waals surface area contributed by atoms with Crippen molar-refractivity contribution in [1.82, 2.24) is 4.31 Å². The van der Waals surface area contributed by atoms with Crippen molar-refractivity contribution < 1.29 is 22.7 Å². The molecule has 2 heterocycles. The van der Waals surface area contributed by atoms with Gasteiger partial charge in [-0.25, -0.2) is 8.42 Å². The fourth-order valence-corrected chi connectivity index (χ4v) is 5.63. The number of benzene rings is 2. The van der Waals surface area contributed by atoms with E-state index in [2.05, 4.69) is 0 Å². The number of hydrogen-bond donors (Lipinski definition) is 0. The van der Waals surface area contributed by atoms with Gasteiger partial charge in [-0.05, 0) is 54.4 Å². The lowest BCUT2D eigenvalue weighted by molar-refractivity contribution is -0.122. The summed E-state index contributed by atoms with van der Waals surface area (Å²) in [7, 11) is 1.12. The average Bonchev–Trinajstić information content (AvgIpc) is 3.26. The Labute approximate surface area is 164 Å². The lowest BCUT2D eigenvalue weighted by atomic mass is 9.81. The molecular weight excluding hydrogens is 380 g/mol. The first-order chi connectivity index (χ1) is 13.3. The molecule has 2 aromatic carbocycles. The van der Waals surface area contributed by atoms with Crippen molar-refractivity contribution in [2.75, 3.05) is 39.3 Å². The largest absolute Gasteiger partial charge is 0.497 e. The average molecular weight is 402 g/mol. The third kappa shape index (κ3) is 2.59. The van der Waals surface area contributed by atoms with Gasteiger partial charge in [0, 0.05) is 25.8 Å². The third-order valence-electron chi connectivity index (χ3n) is 5.73. The van der Waals surface area contributed by atoms with Gasteiger partial charge >= 0.3 is 0 Å². The van der Waals surface area contributed by atoms with E-state index in [0.29, 0.717) is 17.9 Å². The molecule has 4 rings (SSSR count). The Bertz CT molecular complexity index is 1040. The van der Waals surface area contributed by atoms with Crippen LogP contribution < -0.4 is 14.4 Å². The minimum absolute atomic E-state index is 0.0804. The summed E-state index contributed by atoms with van der Waals surface area (Å²) in [5.74, 6) is 1.16. The second-order valence-electron chi connectivity index (χ2n) is 7.09. The van der Waals surface area contributed by atoms with E-state index in [1.807, 2.05) is 18.2 Å². The number of carbonyl (C=O) groups excluding carboxylic acids is 1. The topological polar surface area (TPSA) is 76.2 Å². The predicted molar refractivity (Wildman–Crippen MR) is 104 cm³/mol. The van der Waals surface area contributed by atoms with E-state index < -0.39 is 15.4 Å². The summed E-state index contributed by atoms with van der Waals surface area (Å²) >= 11 is 0. The standard InChI is InChI=1S/C20H22N2O5S/c1-21-18-9-6-15(27-3)12-17(18)20(19(21)23)10-11-22(13-20)28(24,25)16-7-4-14(26-2)5-8-16/h4-9,12H,10-11,13H2,1-3H3. The van der Waals surface area contributed by atoms with Crippen LogP contribution in [-0.2, 0) is 20.2 Å². The molecule has 0 radical (unpaired) electrons. The molecule has 0 aromatic heterocycles. The number of fused-ring (bicyclic) bond motifs is 2. The van der Waals surface area contributed by atoms with Gasteiger partial charge in [-0.3, -0.25) is 4.79 Å². The monoisotopic (exact) mass is 402 g/mol. The molecule has 1 unspecified atom stereocenters. The SMILES string of the molecule is COc1ccc(S(=O)(=O)N2CCC3(C2)C(=O)N(C)c2ccc(OC)cc23)cc1. The highest BCUT2D eigenvalue weighted by atomic mass is 32.2. The van der Waals surface area contributed by atoms with Gasteiger partial charge in [0.15, 0.2) is 0 Å². The van der Waals surface area contributed by atoms with Crippen molar-refractivity contribution in [3.8, 4) is 11.5 Å². The maximum Gasteiger partial charge on any atom is 0.243 e. The number of methoxy groups -OCH3 is 2. The van der Waals surface area contributed by atoms with Crippen LogP contribution in [0.25, 0.3) is 0 Å². The van der Waals surface area contributed by atoms with Crippen LogP contribution in [0.5, 0.6) is 11.5 Å². The van der Waals surface area contributed by atoms with Crippen LogP contribution in [0.2, 0.25) is 0 Å². The molecule has 2 aliphatic rings. The van der Waals surface area contributed by atoms with E-state index in [4.69, 9.17) is 9.47 Å². The van der Waals surface area contributed by atoms with Gasteiger partial charge < -0.3 is 14.4 Å². The smallest absolute Gasteiger partial charge is 0.243 e. The molecular formula is C20H22N2O5S. The number of rotatable bonds is 4. The predicted octanol–water partition coefficient (Wildman–Crippen LogP) is 2.01. The van der Waals surface area contributed by atoms with E-state index in [9.17, 15) is 13.2 Å². The molecule has 148 valence electrons. The fraction of sp³-hybridized carbons (Fsp3) is 0.350. The number of carbonyl (C=O) groups is 1. The minimum atomic E-state index is -3.71. The van der Waals surface area contributed by atoms with E-state index in [-0.39, 0.29) is 23.9 Å². The highest BCUT2D eigenvalue weighted by Crippen LogP contribution is 2.48. The van der Waals surface area contributed by atoms with Crippen molar-refractivity contribution in [2.45, 2.75) is 16.7 Å². The minimum Gasteiger partial charge on any atom is -0.497 e. The zero-order valence-electron chi connectivity index (χ0n) is 16.0. The van der Waals surface area contributed by atoms with Gasteiger partial charge in [-0.1, -0.05) is 0 Å². The van der Waals surface area contributed by atoms with Crippen molar-refractivity contribution in [1.29, 1.82) is 0 Å². The summed E-state index contributed by atoms with van der Waals surface area (Å²) in [5.41, 5.74) is 0.749. The molecule has 8 heteroatoms. The summed E-state index contributed by atoms with van der Waals surface area (Å²) in [4.78, 5) is 14.9. The maximum absolute atomic E-state index is 13.1. The van der Waals surface area contributed by atoms with Crippen LogP contribution in [0.1, 0.15) is 12.0 Å². The maximum atomic E-state index is 13.1. The molecule has 0 saturated carbocycles. The molecule has 28 heavy (non-hydrogen) atoms. The number of hydrogen-bond acceptors (Lipinski definition) is 5. The zero-order valence-corrected chi connectivity index (χ0v) is 16.8. The van der Waals surface area contributed by atoms with E-state index in [0.717, 1.165) is 11.3 Å². The fourth-order valence-electron chi connectivity index (χ4n) is 4.13. The highest BCUT2D eigenvalue weighted by molar-refractivity contribution is 7.89. The zero-order chi connectivity index (χ0) is 20.1. The van der Waals surface area contributed by atoms with Crippen molar-refractivity contribution in [3.63, 3.8) is 0 Å².